The Kier molecular flexibility index (Phi) is 4.70. The van der Waals surface area contributed by atoms with Gasteiger partial charge in [-0.2, -0.15) is 0 Å². The second-order valence-corrected chi connectivity index (χ2v) is 4.47. The molecule has 0 amide bonds. The molecule has 6 nitrogen and oxygen atoms in total. The Hall–Kier alpha value is -1.92. The van der Waals surface area contributed by atoms with Gasteiger partial charge in [-0.15, -0.1) is 0 Å². The number of hydrogen-bond acceptors (Lipinski definition) is 4. The summed E-state index contributed by atoms with van der Waals surface area (Å²) in [7, 11) is 3.28. The van der Waals surface area contributed by atoms with Crippen LogP contribution in [0.1, 0.15) is 22.6 Å². The van der Waals surface area contributed by atoms with E-state index in [9.17, 15) is 4.79 Å². The van der Waals surface area contributed by atoms with E-state index >= 15 is 0 Å². The molecular weight excluding hydrogens is 260 g/mol. The van der Waals surface area contributed by atoms with Gasteiger partial charge in [0.25, 0.3) is 0 Å². The van der Waals surface area contributed by atoms with Crippen LogP contribution in [0.2, 0.25) is 0 Å². The summed E-state index contributed by atoms with van der Waals surface area (Å²) < 4.78 is 12.3. The third-order valence-corrected chi connectivity index (χ3v) is 3.08. The molecule has 1 heterocycles. The molecule has 6 heteroatoms. The van der Waals surface area contributed by atoms with Gasteiger partial charge in [-0.25, -0.2) is 9.78 Å². The molecule has 108 valence electrons. The zero-order chi connectivity index (χ0) is 14.5. The second-order valence-electron chi connectivity index (χ2n) is 4.47. The smallest absolute Gasteiger partial charge is 0.335 e. The summed E-state index contributed by atoms with van der Waals surface area (Å²) in [6.07, 6.45) is 0.860. The number of imidazole rings is 1. The monoisotopic (exact) mass is 278 g/mol. The van der Waals surface area contributed by atoms with E-state index in [1.165, 1.54) is 0 Å². The standard InChI is InChI=1S/C14H18N2O4/c1-19-7-3-6-16-12-5-4-10(14(17)18)8-11(12)15-13(16)9-20-2/h4-5,8H,3,6-7,9H2,1-2H3,(H,17,18). The largest absolute Gasteiger partial charge is 0.478 e. The summed E-state index contributed by atoms with van der Waals surface area (Å²) >= 11 is 0. The average molecular weight is 278 g/mol. The van der Waals surface area contributed by atoms with Crippen molar-refractivity contribution >= 4 is 17.0 Å². The van der Waals surface area contributed by atoms with Crippen LogP contribution in [0.4, 0.5) is 0 Å². The van der Waals surface area contributed by atoms with Gasteiger partial charge in [-0.05, 0) is 24.6 Å². The fourth-order valence-electron chi connectivity index (χ4n) is 2.17. The van der Waals surface area contributed by atoms with Crippen molar-refractivity contribution in [3.05, 3.63) is 29.6 Å². The first-order chi connectivity index (χ1) is 9.67. The van der Waals surface area contributed by atoms with Crippen LogP contribution in [-0.4, -0.2) is 41.5 Å². The van der Waals surface area contributed by atoms with E-state index in [0.29, 0.717) is 18.7 Å². The van der Waals surface area contributed by atoms with E-state index < -0.39 is 5.97 Å². The lowest BCUT2D eigenvalue weighted by molar-refractivity contribution is 0.0697. The number of carboxylic acids is 1. The molecule has 2 aromatic rings. The summed E-state index contributed by atoms with van der Waals surface area (Å²) in [5.41, 5.74) is 1.83. The number of fused-ring (bicyclic) bond motifs is 1. The van der Waals surface area contributed by atoms with Crippen LogP contribution in [0.3, 0.4) is 0 Å². The fraction of sp³-hybridized carbons (Fsp3) is 0.429. The predicted molar refractivity (Wildman–Crippen MR) is 73.9 cm³/mol. The molecular formula is C14H18N2O4. The lowest BCUT2D eigenvalue weighted by Gasteiger charge is -2.08. The first-order valence-corrected chi connectivity index (χ1v) is 6.37. The van der Waals surface area contributed by atoms with Gasteiger partial charge in [0.1, 0.15) is 12.4 Å². The van der Waals surface area contributed by atoms with Crippen molar-refractivity contribution in [2.45, 2.75) is 19.6 Å². The molecule has 0 unspecified atom stereocenters. The van der Waals surface area contributed by atoms with E-state index in [1.807, 2.05) is 4.57 Å². The van der Waals surface area contributed by atoms with Gasteiger partial charge in [0.05, 0.1) is 16.6 Å². The van der Waals surface area contributed by atoms with Crippen molar-refractivity contribution in [3.8, 4) is 0 Å². The number of benzene rings is 1. The van der Waals surface area contributed by atoms with Gasteiger partial charge in [0, 0.05) is 27.4 Å². The number of rotatable bonds is 7. The molecule has 0 aliphatic rings. The lowest BCUT2D eigenvalue weighted by atomic mass is 10.2. The van der Waals surface area contributed by atoms with E-state index in [2.05, 4.69) is 4.98 Å². The SMILES string of the molecule is COCCCn1c(COC)nc2cc(C(=O)O)ccc21. The number of aryl methyl sites for hydroxylation is 1. The zero-order valence-electron chi connectivity index (χ0n) is 11.6. The predicted octanol–water partition coefficient (Wildman–Crippen LogP) is 1.92. The van der Waals surface area contributed by atoms with Crippen molar-refractivity contribution in [1.82, 2.24) is 9.55 Å². The molecule has 0 saturated heterocycles. The molecule has 0 aliphatic heterocycles. The molecule has 0 atom stereocenters. The Bertz CT molecular complexity index is 606. The van der Waals surface area contributed by atoms with Crippen molar-refractivity contribution in [2.24, 2.45) is 0 Å². The first kappa shape index (κ1) is 14.5. The lowest BCUT2D eigenvalue weighted by Crippen LogP contribution is -2.07. The van der Waals surface area contributed by atoms with E-state index in [4.69, 9.17) is 14.6 Å². The van der Waals surface area contributed by atoms with E-state index in [0.717, 1.165) is 24.3 Å². The third-order valence-electron chi connectivity index (χ3n) is 3.08. The third kappa shape index (κ3) is 2.97. The van der Waals surface area contributed by atoms with Crippen LogP contribution in [0.25, 0.3) is 11.0 Å². The minimum absolute atomic E-state index is 0.239. The summed E-state index contributed by atoms with van der Waals surface area (Å²) in [4.78, 5) is 15.5. The molecule has 20 heavy (non-hydrogen) atoms. The maximum absolute atomic E-state index is 11.0. The minimum Gasteiger partial charge on any atom is -0.478 e. The number of carboxylic acid groups (broad SMARTS) is 1. The number of hydrogen-bond donors (Lipinski definition) is 1. The van der Waals surface area contributed by atoms with Crippen molar-refractivity contribution in [2.75, 3.05) is 20.8 Å². The highest BCUT2D eigenvalue weighted by Gasteiger charge is 2.12. The van der Waals surface area contributed by atoms with Gasteiger partial charge in [0.15, 0.2) is 0 Å². The zero-order valence-corrected chi connectivity index (χ0v) is 11.6. The normalized spacial score (nSPS) is 11.1. The highest BCUT2D eigenvalue weighted by Crippen LogP contribution is 2.19. The molecule has 0 fully saturated rings. The number of carbonyl (C=O) groups is 1. The molecule has 1 N–H and O–H groups in total. The van der Waals surface area contributed by atoms with Crippen molar-refractivity contribution < 1.29 is 19.4 Å². The Morgan fingerprint density at radius 1 is 1.35 bits per heavy atom. The average Bonchev–Trinajstić information content (AvgIpc) is 2.76. The van der Waals surface area contributed by atoms with Crippen LogP contribution in [0.15, 0.2) is 18.2 Å². The van der Waals surface area contributed by atoms with Crippen molar-refractivity contribution in [3.63, 3.8) is 0 Å². The molecule has 0 bridgehead atoms. The molecule has 0 aliphatic carbocycles. The topological polar surface area (TPSA) is 73.6 Å². The number of aromatic nitrogens is 2. The van der Waals surface area contributed by atoms with Crippen molar-refractivity contribution in [1.29, 1.82) is 0 Å². The van der Waals surface area contributed by atoms with Gasteiger partial charge in [-0.3, -0.25) is 0 Å². The van der Waals surface area contributed by atoms with Crippen LogP contribution in [0, 0.1) is 0 Å². The summed E-state index contributed by atoms with van der Waals surface area (Å²) in [5.74, 6) is -0.157. The molecule has 0 radical (unpaired) electrons. The maximum atomic E-state index is 11.0. The Morgan fingerprint density at radius 2 is 2.15 bits per heavy atom. The maximum Gasteiger partial charge on any atom is 0.335 e. The Morgan fingerprint density at radius 3 is 2.80 bits per heavy atom. The number of aromatic carboxylic acids is 1. The fourth-order valence-corrected chi connectivity index (χ4v) is 2.17. The Labute approximate surface area is 116 Å². The van der Waals surface area contributed by atoms with Crippen LogP contribution >= 0.6 is 0 Å². The summed E-state index contributed by atoms with van der Waals surface area (Å²) in [5, 5.41) is 9.02. The van der Waals surface area contributed by atoms with Crippen LogP contribution < -0.4 is 0 Å². The molecule has 0 saturated carbocycles. The molecule has 0 spiro atoms. The van der Waals surface area contributed by atoms with Gasteiger partial charge < -0.3 is 19.1 Å². The second kappa shape index (κ2) is 6.49. The number of nitrogens with zero attached hydrogens (tertiary/aromatic N) is 2. The highest BCUT2D eigenvalue weighted by atomic mass is 16.5. The quantitative estimate of drug-likeness (QED) is 0.783. The van der Waals surface area contributed by atoms with Crippen LogP contribution in [-0.2, 0) is 22.6 Å². The molecule has 2 rings (SSSR count). The molecule has 1 aromatic carbocycles. The molecule has 1 aromatic heterocycles. The summed E-state index contributed by atoms with van der Waals surface area (Å²) in [6, 6.07) is 4.97. The van der Waals surface area contributed by atoms with Gasteiger partial charge in [-0.1, -0.05) is 0 Å². The van der Waals surface area contributed by atoms with E-state index in [-0.39, 0.29) is 5.56 Å². The van der Waals surface area contributed by atoms with E-state index in [1.54, 1.807) is 32.4 Å². The van der Waals surface area contributed by atoms with Gasteiger partial charge in [0.2, 0.25) is 0 Å². The summed E-state index contributed by atoms with van der Waals surface area (Å²) in [6.45, 7) is 1.82. The number of methoxy groups -OCH3 is 2. The van der Waals surface area contributed by atoms with Gasteiger partial charge >= 0.3 is 5.97 Å². The van der Waals surface area contributed by atoms with Crippen LogP contribution in [0.5, 0.6) is 0 Å². The highest BCUT2D eigenvalue weighted by molar-refractivity contribution is 5.92. The number of ether oxygens (including phenoxy) is 2. The first-order valence-electron chi connectivity index (χ1n) is 6.37. The Balaban J connectivity index is 2.40. The minimum atomic E-state index is -0.950.